The van der Waals surface area contributed by atoms with Crippen LogP contribution in [0.15, 0.2) is 11.1 Å². The van der Waals surface area contributed by atoms with E-state index in [0.29, 0.717) is 5.92 Å². The van der Waals surface area contributed by atoms with Crippen LogP contribution < -0.4 is 10.6 Å². The second-order valence-corrected chi connectivity index (χ2v) is 8.00. The van der Waals surface area contributed by atoms with E-state index < -0.39 is 0 Å². The Morgan fingerprint density at radius 1 is 1.41 bits per heavy atom. The molecule has 0 spiro atoms. The van der Waals surface area contributed by atoms with Crippen LogP contribution in [0.4, 0.5) is 0 Å². The lowest BCUT2D eigenvalue weighted by Crippen LogP contribution is -2.44. The summed E-state index contributed by atoms with van der Waals surface area (Å²) in [6.07, 6.45) is 2.13. The molecule has 0 bridgehead atoms. The van der Waals surface area contributed by atoms with Crippen molar-refractivity contribution >= 4 is 17.7 Å². The zero-order valence-electron chi connectivity index (χ0n) is 15.0. The minimum Gasteiger partial charge on any atom is -0.356 e. The molecule has 6 heteroatoms. The van der Waals surface area contributed by atoms with Crippen LogP contribution in [0.2, 0.25) is 0 Å². The number of hydrogen-bond donors (Lipinski definition) is 2. The maximum atomic E-state index is 4.52. The lowest BCUT2D eigenvalue weighted by Gasteiger charge is -2.24. The molecule has 0 radical (unpaired) electrons. The van der Waals surface area contributed by atoms with E-state index in [1.54, 1.807) is 0 Å². The van der Waals surface area contributed by atoms with Crippen molar-refractivity contribution in [3.05, 3.63) is 17.5 Å². The first-order chi connectivity index (χ1) is 10.3. The maximum absolute atomic E-state index is 4.52. The zero-order chi connectivity index (χ0) is 16.8. The second kappa shape index (κ2) is 8.46. The third-order valence-electron chi connectivity index (χ3n) is 3.66. The summed E-state index contributed by atoms with van der Waals surface area (Å²) >= 11 is 1.85. The molecule has 0 aliphatic heterocycles. The molecule has 22 heavy (non-hydrogen) atoms. The highest BCUT2D eigenvalue weighted by molar-refractivity contribution is 7.99. The summed E-state index contributed by atoms with van der Waals surface area (Å²) in [5, 5.41) is 11.3. The van der Waals surface area contributed by atoms with Gasteiger partial charge in [-0.15, -0.1) is 0 Å². The smallest absolute Gasteiger partial charge is 0.191 e. The molecule has 1 aromatic heterocycles. The highest BCUT2D eigenvalue weighted by Crippen LogP contribution is 2.19. The number of nitrogens with one attached hydrogen (secondary N) is 2. The normalized spacial score (nSPS) is 14.0. The van der Waals surface area contributed by atoms with Crippen LogP contribution in [0.5, 0.6) is 0 Å². The largest absolute Gasteiger partial charge is 0.356 e. The molecule has 1 aromatic rings. The molecule has 0 aromatic carbocycles. The molecule has 0 amide bonds. The Hall–Kier alpha value is -1.17. The monoisotopic (exact) mass is 325 g/mol. The van der Waals surface area contributed by atoms with Gasteiger partial charge in [-0.1, -0.05) is 6.92 Å². The van der Waals surface area contributed by atoms with Crippen molar-refractivity contribution in [2.75, 3.05) is 26.4 Å². The number of thioether (sulfide) groups is 1. The average Bonchev–Trinajstić information content (AvgIpc) is 2.77. The Morgan fingerprint density at radius 2 is 2.09 bits per heavy atom. The fourth-order valence-electron chi connectivity index (χ4n) is 2.08. The molecule has 126 valence electrons. The van der Waals surface area contributed by atoms with E-state index in [2.05, 4.69) is 65.4 Å². The van der Waals surface area contributed by atoms with Gasteiger partial charge in [-0.25, -0.2) is 0 Å². The molecule has 0 saturated carbocycles. The van der Waals surface area contributed by atoms with Crippen LogP contribution in [-0.4, -0.2) is 46.9 Å². The van der Waals surface area contributed by atoms with E-state index in [1.165, 1.54) is 5.69 Å². The minimum atomic E-state index is 0.201. The summed E-state index contributed by atoms with van der Waals surface area (Å²) < 4.78 is 2.28. The predicted molar refractivity (Wildman–Crippen MR) is 97.8 cm³/mol. The first-order valence-electron chi connectivity index (χ1n) is 7.78. The van der Waals surface area contributed by atoms with Crippen LogP contribution in [0.25, 0.3) is 0 Å². The standard InChI is InChI=1S/C16H31N5S/c1-12(10-21-14(3)8-13(2)20-21)9-18-15(17-6)19-11-16(4,5)22-7/h8,12H,9-11H2,1-7H3,(H2,17,18,19). The first-order valence-corrected chi connectivity index (χ1v) is 9.00. The average molecular weight is 326 g/mol. The molecule has 0 aliphatic rings. The summed E-state index contributed by atoms with van der Waals surface area (Å²) in [5.74, 6) is 1.34. The SMILES string of the molecule is CN=C(NCC(C)Cn1nc(C)cc1C)NCC(C)(C)SC. The molecule has 2 N–H and O–H groups in total. The fraction of sp³-hybridized carbons (Fsp3) is 0.750. The fourth-order valence-corrected chi connectivity index (χ4v) is 2.30. The first kappa shape index (κ1) is 18.9. The number of nitrogens with zero attached hydrogens (tertiary/aromatic N) is 3. The highest BCUT2D eigenvalue weighted by atomic mass is 32.2. The molecule has 0 saturated heterocycles. The van der Waals surface area contributed by atoms with Crippen molar-refractivity contribution in [3.63, 3.8) is 0 Å². The van der Waals surface area contributed by atoms with Crippen LogP contribution in [0, 0.1) is 19.8 Å². The minimum absolute atomic E-state index is 0.201. The molecule has 5 nitrogen and oxygen atoms in total. The van der Waals surface area contributed by atoms with Gasteiger partial charge < -0.3 is 10.6 Å². The maximum Gasteiger partial charge on any atom is 0.191 e. The van der Waals surface area contributed by atoms with Gasteiger partial charge in [-0.05, 0) is 45.9 Å². The predicted octanol–water partition coefficient (Wildman–Crippen LogP) is 2.44. The van der Waals surface area contributed by atoms with Gasteiger partial charge in [0.1, 0.15) is 0 Å². The Labute approximate surface area is 139 Å². The van der Waals surface area contributed by atoms with Crippen molar-refractivity contribution in [2.24, 2.45) is 10.9 Å². The van der Waals surface area contributed by atoms with E-state index in [4.69, 9.17) is 0 Å². The summed E-state index contributed by atoms with van der Waals surface area (Å²) in [5.41, 5.74) is 2.29. The Bertz CT molecular complexity index is 493. The van der Waals surface area contributed by atoms with Gasteiger partial charge in [0, 0.05) is 37.1 Å². The molecule has 0 aliphatic carbocycles. The quantitative estimate of drug-likeness (QED) is 0.597. The lowest BCUT2D eigenvalue weighted by molar-refractivity contribution is 0.435. The van der Waals surface area contributed by atoms with Crippen LogP contribution in [0.3, 0.4) is 0 Å². The number of hydrogen-bond acceptors (Lipinski definition) is 3. The molecular formula is C16H31N5S. The summed E-state index contributed by atoms with van der Waals surface area (Å²) in [6, 6.07) is 2.12. The number of guanidine groups is 1. The van der Waals surface area contributed by atoms with Crippen molar-refractivity contribution < 1.29 is 0 Å². The van der Waals surface area contributed by atoms with Gasteiger partial charge >= 0.3 is 0 Å². The van der Waals surface area contributed by atoms with Gasteiger partial charge in [-0.2, -0.15) is 16.9 Å². The van der Waals surface area contributed by atoms with Crippen LogP contribution in [0.1, 0.15) is 32.2 Å². The number of rotatable bonds is 7. The van der Waals surface area contributed by atoms with Crippen molar-refractivity contribution in [2.45, 2.75) is 45.9 Å². The molecule has 0 fully saturated rings. The Balaban J connectivity index is 2.41. The van der Waals surface area contributed by atoms with Gasteiger partial charge in [-0.3, -0.25) is 9.67 Å². The van der Waals surface area contributed by atoms with Crippen LogP contribution >= 0.6 is 11.8 Å². The van der Waals surface area contributed by atoms with Crippen molar-refractivity contribution in [3.8, 4) is 0 Å². The van der Waals surface area contributed by atoms with E-state index in [0.717, 1.165) is 31.3 Å². The summed E-state index contributed by atoms with van der Waals surface area (Å²) in [7, 11) is 1.81. The van der Waals surface area contributed by atoms with E-state index in [9.17, 15) is 0 Å². The Kier molecular flexibility index (Phi) is 7.26. The van der Waals surface area contributed by atoms with Crippen LogP contribution in [-0.2, 0) is 6.54 Å². The van der Waals surface area contributed by atoms with Gasteiger partial charge in [0.15, 0.2) is 5.96 Å². The Morgan fingerprint density at radius 3 is 2.59 bits per heavy atom. The van der Waals surface area contributed by atoms with Gasteiger partial charge in [0.2, 0.25) is 0 Å². The second-order valence-electron chi connectivity index (χ2n) is 6.48. The third-order valence-corrected chi connectivity index (χ3v) is 4.91. The number of aryl methyl sites for hydroxylation is 2. The molecule has 1 unspecified atom stereocenters. The zero-order valence-corrected chi connectivity index (χ0v) is 15.8. The number of aromatic nitrogens is 2. The van der Waals surface area contributed by atoms with Gasteiger partial charge in [0.25, 0.3) is 0 Å². The van der Waals surface area contributed by atoms with E-state index >= 15 is 0 Å². The summed E-state index contributed by atoms with van der Waals surface area (Å²) in [4.78, 5) is 4.29. The lowest BCUT2D eigenvalue weighted by atomic mass is 10.2. The molecule has 1 rings (SSSR count). The van der Waals surface area contributed by atoms with Gasteiger partial charge in [0.05, 0.1) is 5.69 Å². The topological polar surface area (TPSA) is 54.2 Å². The van der Waals surface area contributed by atoms with E-state index in [-0.39, 0.29) is 4.75 Å². The molecule has 1 atom stereocenters. The molecular weight excluding hydrogens is 294 g/mol. The number of aliphatic imine (C=N–C) groups is 1. The van der Waals surface area contributed by atoms with E-state index in [1.807, 2.05) is 25.7 Å². The molecule has 1 heterocycles. The van der Waals surface area contributed by atoms with Crippen molar-refractivity contribution in [1.29, 1.82) is 0 Å². The summed E-state index contributed by atoms with van der Waals surface area (Å²) in [6.45, 7) is 13.5. The third kappa shape index (κ3) is 6.30. The van der Waals surface area contributed by atoms with Crippen molar-refractivity contribution in [1.82, 2.24) is 20.4 Å². The highest BCUT2D eigenvalue weighted by Gasteiger charge is 2.16.